The van der Waals surface area contributed by atoms with Gasteiger partial charge >= 0.3 is 0 Å². The minimum Gasteiger partial charge on any atom is -0.293 e. The van der Waals surface area contributed by atoms with E-state index in [0.717, 1.165) is 5.56 Å². The Hall–Kier alpha value is -3.12. The van der Waals surface area contributed by atoms with Gasteiger partial charge in [0.1, 0.15) is 17.8 Å². The summed E-state index contributed by atoms with van der Waals surface area (Å²) in [5.41, 5.74) is 2.23. The molecular formula is C19H13ClN4O2. The average molecular weight is 365 g/mol. The fourth-order valence-electron chi connectivity index (χ4n) is 2.79. The number of fused-ring (bicyclic) bond motifs is 1. The van der Waals surface area contributed by atoms with Crippen molar-refractivity contribution in [2.45, 2.75) is 6.54 Å². The summed E-state index contributed by atoms with van der Waals surface area (Å²) in [7, 11) is 0. The number of carbonyl (C=O) groups is 1. The summed E-state index contributed by atoms with van der Waals surface area (Å²) in [5.74, 6) is -0.0589. The lowest BCUT2D eigenvalue weighted by atomic mass is 10.1. The standard InChI is InChI=1S/C19H13ClN4O2/c20-13-4-1-3-12(9-13)17-18-16(5-2-8-21-18)19(26)24(23-17)11-14-6-7-15(25)10-22-14/h1-9H,10-11H2. The third-order valence-corrected chi connectivity index (χ3v) is 4.26. The van der Waals surface area contributed by atoms with Crippen molar-refractivity contribution in [3.63, 3.8) is 0 Å². The maximum atomic E-state index is 12.8. The molecular weight excluding hydrogens is 352 g/mol. The second-order valence-corrected chi connectivity index (χ2v) is 6.26. The first-order chi connectivity index (χ1) is 12.6. The van der Waals surface area contributed by atoms with Crippen molar-refractivity contribution in [3.05, 3.63) is 70.1 Å². The molecule has 3 heterocycles. The highest BCUT2D eigenvalue weighted by Crippen LogP contribution is 2.25. The van der Waals surface area contributed by atoms with Gasteiger partial charge in [0, 0.05) is 16.8 Å². The minimum absolute atomic E-state index is 0.0589. The number of pyridine rings is 1. The van der Waals surface area contributed by atoms with Gasteiger partial charge in [-0.3, -0.25) is 19.6 Å². The minimum atomic E-state index is -0.258. The zero-order chi connectivity index (χ0) is 18.1. The molecule has 2 aromatic heterocycles. The van der Waals surface area contributed by atoms with Gasteiger partial charge in [-0.2, -0.15) is 5.10 Å². The Labute approximate surface area is 153 Å². The molecule has 1 aromatic carbocycles. The normalized spacial score (nSPS) is 13.9. The highest BCUT2D eigenvalue weighted by Gasteiger charge is 2.15. The van der Waals surface area contributed by atoms with Crippen LogP contribution in [0.3, 0.4) is 0 Å². The number of dihydropyridines is 1. The molecule has 0 N–H and O–H groups in total. The molecule has 0 unspecified atom stereocenters. The first-order valence-electron chi connectivity index (χ1n) is 7.98. The van der Waals surface area contributed by atoms with Crippen LogP contribution in [0.5, 0.6) is 0 Å². The molecule has 0 atom stereocenters. The zero-order valence-electron chi connectivity index (χ0n) is 13.6. The molecule has 0 saturated heterocycles. The Kier molecular flexibility index (Phi) is 4.18. The van der Waals surface area contributed by atoms with E-state index < -0.39 is 0 Å². The van der Waals surface area contributed by atoms with Gasteiger partial charge in [-0.15, -0.1) is 0 Å². The third-order valence-electron chi connectivity index (χ3n) is 4.03. The second-order valence-electron chi connectivity index (χ2n) is 5.83. The van der Waals surface area contributed by atoms with E-state index in [1.54, 1.807) is 36.5 Å². The van der Waals surface area contributed by atoms with Crippen LogP contribution in [0.1, 0.15) is 0 Å². The maximum absolute atomic E-state index is 12.8. The number of hydrogen-bond acceptors (Lipinski definition) is 5. The summed E-state index contributed by atoms with van der Waals surface area (Å²) in [6, 6.07) is 10.7. The van der Waals surface area contributed by atoms with E-state index in [9.17, 15) is 9.59 Å². The van der Waals surface area contributed by atoms with Crippen LogP contribution < -0.4 is 5.56 Å². The Morgan fingerprint density at radius 3 is 2.77 bits per heavy atom. The molecule has 4 rings (SSSR count). The highest BCUT2D eigenvalue weighted by molar-refractivity contribution is 6.30. The Bertz CT molecular complexity index is 1150. The van der Waals surface area contributed by atoms with E-state index in [1.807, 2.05) is 12.1 Å². The van der Waals surface area contributed by atoms with E-state index in [2.05, 4.69) is 15.1 Å². The van der Waals surface area contributed by atoms with Gasteiger partial charge in [0.05, 0.1) is 17.6 Å². The third kappa shape index (κ3) is 3.07. The van der Waals surface area contributed by atoms with Gasteiger partial charge in [-0.05, 0) is 36.4 Å². The number of benzene rings is 1. The quantitative estimate of drug-likeness (QED) is 0.716. The molecule has 0 amide bonds. The van der Waals surface area contributed by atoms with E-state index in [-0.39, 0.29) is 24.4 Å². The molecule has 26 heavy (non-hydrogen) atoms. The summed E-state index contributed by atoms with van der Waals surface area (Å²) < 4.78 is 1.35. The maximum Gasteiger partial charge on any atom is 0.276 e. The largest absolute Gasteiger partial charge is 0.293 e. The SMILES string of the molecule is O=C1C=CC(Cn2nc(-c3cccc(Cl)c3)c3ncccc3c2=O)=NC1. The molecule has 6 nitrogen and oxygen atoms in total. The lowest BCUT2D eigenvalue weighted by molar-refractivity contribution is -0.113. The van der Waals surface area contributed by atoms with Crippen LogP contribution >= 0.6 is 11.6 Å². The van der Waals surface area contributed by atoms with Gasteiger partial charge in [0.2, 0.25) is 0 Å². The van der Waals surface area contributed by atoms with Crippen LogP contribution in [-0.4, -0.2) is 32.8 Å². The van der Waals surface area contributed by atoms with Crippen LogP contribution in [0.4, 0.5) is 0 Å². The number of rotatable bonds is 3. The molecule has 7 heteroatoms. The summed E-state index contributed by atoms with van der Waals surface area (Å²) >= 11 is 6.11. The number of hydrogen-bond donors (Lipinski definition) is 0. The predicted molar refractivity (Wildman–Crippen MR) is 101 cm³/mol. The number of halogens is 1. The first kappa shape index (κ1) is 16.4. The topological polar surface area (TPSA) is 77.2 Å². The molecule has 128 valence electrons. The molecule has 0 aliphatic carbocycles. The Morgan fingerprint density at radius 1 is 1.12 bits per heavy atom. The molecule has 0 fully saturated rings. The van der Waals surface area contributed by atoms with Gasteiger partial charge in [0.15, 0.2) is 5.78 Å². The Morgan fingerprint density at radius 2 is 2.00 bits per heavy atom. The van der Waals surface area contributed by atoms with Gasteiger partial charge in [-0.1, -0.05) is 23.7 Å². The average Bonchev–Trinajstić information content (AvgIpc) is 2.66. The summed E-state index contributed by atoms with van der Waals surface area (Å²) in [6.07, 6.45) is 4.71. The number of aromatic nitrogens is 3. The molecule has 0 radical (unpaired) electrons. The van der Waals surface area contributed by atoms with E-state index >= 15 is 0 Å². The molecule has 1 aliphatic rings. The molecule has 0 saturated carbocycles. The second kappa shape index (κ2) is 6.65. The molecule has 0 bridgehead atoms. The van der Waals surface area contributed by atoms with E-state index in [0.29, 0.717) is 27.3 Å². The van der Waals surface area contributed by atoms with Crippen molar-refractivity contribution in [2.24, 2.45) is 4.99 Å². The molecule has 1 aliphatic heterocycles. The number of carbonyl (C=O) groups excluding carboxylic acids is 1. The number of allylic oxidation sites excluding steroid dienone is 1. The van der Waals surface area contributed by atoms with E-state index in [1.165, 1.54) is 10.8 Å². The number of ketones is 1. The zero-order valence-corrected chi connectivity index (χ0v) is 14.3. The van der Waals surface area contributed by atoms with Crippen molar-refractivity contribution < 1.29 is 4.79 Å². The number of aliphatic imine (C=N–C) groups is 1. The van der Waals surface area contributed by atoms with E-state index in [4.69, 9.17) is 11.6 Å². The van der Waals surface area contributed by atoms with Crippen LogP contribution in [0.15, 0.2) is 64.5 Å². The Balaban J connectivity index is 1.89. The lowest BCUT2D eigenvalue weighted by Crippen LogP contribution is -2.28. The van der Waals surface area contributed by atoms with Crippen molar-refractivity contribution in [1.82, 2.24) is 14.8 Å². The lowest BCUT2D eigenvalue weighted by Gasteiger charge is -2.12. The fraction of sp³-hybridized carbons (Fsp3) is 0.105. The predicted octanol–water partition coefficient (Wildman–Crippen LogP) is 2.69. The van der Waals surface area contributed by atoms with Crippen molar-refractivity contribution in [3.8, 4) is 11.3 Å². The monoisotopic (exact) mass is 364 g/mol. The first-order valence-corrected chi connectivity index (χ1v) is 8.35. The fourth-order valence-corrected chi connectivity index (χ4v) is 2.98. The molecule has 0 spiro atoms. The van der Waals surface area contributed by atoms with Gasteiger partial charge in [0.25, 0.3) is 5.56 Å². The van der Waals surface area contributed by atoms with Gasteiger partial charge < -0.3 is 0 Å². The summed E-state index contributed by atoms with van der Waals surface area (Å²) in [4.78, 5) is 32.6. The molecule has 3 aromatic rings. The van der Waals surface area contributed by atoms with Crippen molar-refractivity contribution in [1.29, 1.82) is 0 Å². The van der Waals surface area contributed by atoms with Crippen molar-refractivity contribution in [2.75, 3.05) is 6.54 Å². The van der Waals surface area contributed by atoms with Crippen molar-refractivity contribution >= 4 is 34.0 Å². The number of nitrogens with zero attached hydrogens (tertiary/aromatic N) is 4. The van der Waals surface area contributed by atoms with Crippen LogP contribution in [0.25, 0.3) is 22.2 Å². The van der Waals surface area contributed by atoms with Crippen LogP contribution in [0.2, 0.25) is 5.02 Å². The van der Waals surface area contributed by atoms with Gasteiger partial charge in [-0.25, -0.2) is 4.68 Å². The van der Waals surface area contributed by atoms with Crippen LogP contribution in [0, 0.1) is 0 Å². The van der Waals surface area contributed by atoms with Crippen LogP contribution in [-0.2, 0) is 11.3 Å². The smallest absolute Gasteiger partial charge is 0.276 e. The summed E-state index contributed by atoms with van der Waals surface area (Å²) in [6.45, 7) is 0.276. The highest BCUT2D eigenvalue weighted by atomic mass is 35.5. The summed E-state index contributed by atoms with van der Waals surface area (Å²) in [5, 5.41) is 5.55.